The SMILES string of the molecule is C=CCC(C(=O)OCC)C(CCOS(=O)(=O)c1ccc(C)cc1)C(=C)C. The first-order chi connectivity index (χ1) is 12.2. The van der Waals surface area contributed by atoms with Crippen molar-refractivity contribution < 1.29 is 22.1 Å². The van der Waals surface area contributed by atoms with Gasteiger partial charge in [0.25, 0.3) is 10.1 Å². The maximum atomic E-state index is 12.3. The molecule has 5 nitrogen and oxygen atoms in total. The van der Waals surface area contributed by atoms with E-state index < -0.39 is 16.0 Å². The van der Waals surface area contributed by atoms with Gasteiger partial charge < -0.3 is 4.74 Å². The lowest BCUT2D eigenvalue weighted by atomic mass is 9.82. The minimum Gasteiger partial charge on any atom is -0.466 e. The maximum Gasteiger partial charge on any atom is 0.309 e. The molecule has 0 spiro atoms. The predicted octanol–water partition coefficient (Wildman–Crippen LogP) is 4.04. The Hall–Kier alpha value is -1.92. The molecule has 1 rings (SSSR count). The molecule has 0 heterocycles. The van der Waals surface area contributed by atoms with Crippen LogP contribution in [0.25, 0.3) is 0 Å². The molecular weight excluding hydrogens is 352 g/mol. The first-order valence-electron chi connectivity index (χ1n) is 8.62. The number of esters is 1. The van der Waals surface area contributed by atoms with Crippen LogP contribution in [0.15, 0.2) is 54.0 Å². The van der Waals surface area contributed by atoms with Crippen LogP contribution in [-0.4, -0.2) is 27.6 Å². The Kier molecular flexibility index (Phi) is 8.75. The highest BCUT2D eigenvalue weighted by Gasteiger charge is 2.29. The van der Waals surface area contributed by atoms with Gasteiger partial charge in [0.1, 0.15) is 0 Å². The van der Waals surface area contributed by atoms with Gasteiger partial charge >= 0.3 is 5.97 Å². The number of hydrogen-bond acceptors (Lipinski definition) is 5. The fourth-order valence-corrected chi connectivity index (χ4v) is 3.62. The maximum absolute atomic E-state index is 12.3. The largest absolute Gasteiger partial charge is 0.466 e. The second kappa shape index (κ2) is 10.3. The molecule has 1 aromatic carbocycles. The summed E-state index contributed by atoms with van der Waals surface area (Å²) in [6.07, 6.45) is 2.43. The average molecular weight is 381 g/mol. The van der Waals surface area contributed by atoms with Gasteiger partial charge in [-0.25, -0.2) is 0 Å². The van der Waals surface area contributed by atoms with Crippen LogP contribution in [0.1, 0.15) is 32.3 Å². The summed E-state index contributed by atoms with van der Waals surface area (Å²) in [7, 11) is -3.83. The number of aryl methyl sites for hydroxylation is 1. The number of carbonyl (C=O) groups excluding carboxylic acids is 1. The van der Waals surface area contributed by atoms with E-state index in [1.54, 1.807) is 25.1 Å². The van der Waals surface area contributed by atoms with Crippen molar-refractivity contribution in [1.29, 1.82) is 0 Å². The van der Waals surface area contributed by atoms with Crippen molar-refractivity contribution in [3.8, 4) is 0 Å². The summed E-state index contributed by atoms with van der Waals surface area (Å²) in [5.74, 6) is -1.03. The molecule has 0 aromatic heterocycles. The van der Waals surface area contributed by atoms with E-state index in [1.807, 2.05) is 13.8 Å². The predicted molar refractivity (Wildman–Crippen MR) is 102 cm³/mol. The van der Waals surface area contributed by atoms with Gasteiger partial charge in [-0.1, -0.05) is 35.9 Å². The molecule has 0 aliphatic rings. The number of hydrogen-bond donors (Lipinski definition) is 0. The smallest absolute Gasteiger partial charge is 0.309 e. The van der Waals surface area contributed by atoms with Gasteiger partial charge in [-0.3, -0.25) is 8.98 Å². The Morgan fingerprint density at radius 1 is 1.23 bits per heavy atom. The van der Waals surface area contributed by atoms with Crippen LogP contribution in [0.3, 0.4) is 0 Å². The van der Waals surface area contributed by atoms with Gasteiger partial charge in [-0.15, -0.1) is 6.58 Å². The number of allylic oxidation sites excluding steroid dienone is 2. The van der Waals surface area contributed by atoms with Crippen LogP contribution in [0.2, 0.25) is 0 Å². The van der Waals surface area contributed by atoms with Crippen molar-refractivity contribution in [3.63, 3.8) is 0 Å². The molecule has 0 amide bonds. The van der Waals surface area contributed by atoms with Gasteiger partial charge in [-0.05, 0) is 51.7 Å². The summed E-state index contributed by atoms with van der Waals surface area (Å²) in [4.78, 5) is 12.3. The van der Waals surface area contributed by atoms with Crippen molar-refractivity contribution in [2.75, 3.05) is 13.2 Å². The molecule has 2 unspecified atom stereocenters. The molecule has 26 heavy (non-hydrogen) atoms. The summed E-state index contributed by atoms with van der Waals surface area (Å²) in [6, 6.07) is 6.46. The summed E-state index contributed by atoms with van der Waals surface area (Å²) in [5.41, 5.74) is 1.74. The van der Waals surface area contributed by atoms with E-state index in [0.29, 0.717) is 12.8 Å². The van der Waals surface area contributed by atoms with E-state index in [4.69, 9.17) is 8.92 Å². The van der Waals surface area contributed by atoms with Crippen LogP contribution < -0.4 is 0 Å². The molecule has 0 saturated heterocycles. The number of ether oxygens (including phenoxy) is 1. The van der Waals surface area contributed by atoms with Crippen molar-refractivity contribution in [2.45, 2.75) is 38.5 Å². The fourth-order valence-electron chi connectivity index (χ4n) is 2.70. The standard InChI is InChI=1S/C20H28O5S/c1-6-8-19(20(21)24-7-2)18(15(3)4)13-14-25-26(22,23)17-11-9-16(5)10-12-17/h6,9-12,18-19H,1,3,7-8,13-14H2,2,4-5H3. The zero-order valence-electron chi connectivity index (χ0n) is 15.7. The minimum absolute atomic E-state index is 0.0409. The van der Waals surface area contributed by atoms with E-state index in [9.17, 15) is 13.2 Å². The zero-order chi connectivity index (χ0) is 19.7. The van der Waals surface area contributed by atoms with Crippen LogP contribution in [0.4, 0.5) is 0 Å². The summed E-state index contributed by atoms with van der Waals surface area (Å²) < 4.78 is 34.8. The lowest BCUT2D eigenvalue weighted by Crippen LogP contribution is -2.27. The van der Waals surface area contributed by atoms with E-state index in [2.05, 4.69) is 13.2 Å². The molecule has 2 atom stereocenters. The quantitative estimate of drug-likeness (QED) is 0.329. The normalized spacial score (nSPS) is 13.7. The topological polar surface area (TPSA) is 69.7 Å². The van der Waals surface area contributed by atoms with Gasteiger partial charge in [0.2, 0.25) is 0 Å². The third-order valence-corrected chi connectivity index (χ3v) is 5.43. The highest BCUT2D eigenvalue weighted by Crippen LogP contribution is 2.28. The van der Waals surface area contributed by atoms with Crippen LogP contribution in [0, 0.1) is 18.8 Å². The first kappa shape index (κ1) is 22.1. The molecule has 1 aromatic rings. The Bertz CT molecular complexity index is 719. The highest BCUT2D eigenvalue weighted by atomic mass is 32.2. The third kappa shape index (κ3) is 6.42. The lowest BCUT2D eigenvalue weighted by molar-refractivity contribution is -0.149. The van der Waals surface area contributed by atoms with Gasteiger partial charge in [0.05, 0.1) is 24.0 Å². The van der Waals surface area contributed by atoms with Crippen LogP contribution in [0.5, 0.6) is 0 Å². The molecule has 0 aliphatic heterocycles. The van der Waals surface area contributed by atoms with E-state index >= 15 is 0 Å². The molecule has 0 bridgehead atoms. The fraction of sp³-hybridized carbons (Fsp3) is 0.450. The molecule has 6 heteroatoms. The second-order valence-electron chi connectivity index (χ2n) is 6.21. The Balaban J connectivity index is 2.81. The van der Waals surface area contributed by atoms with Crippen molar-refractivity contribution >= 4 is 16.1 Å². The first-order valence-corrected chi connectivity index (χ1v) is 10.0. The number of carbonyl (C=O) groups is 1. The Labute approximate surface area is 156 Å². The summed E-state index contributed by atoms with van der Waals surface area (Å²) >= 11 is 0. The molecule has 0 aliphatic carbocycles. The van der Waals surface area contributed by atoms with Crippen LogP contribution in [-0.2, 0) is 23.8 Å². The van der Waals surface area contributed by atoms with Crippen LogP contribution >= 0.6 is 0 Å². The molecule has 0 radical (unpaired) electrons. The molecule has 0 saturated carbocycles. The lowest BCUT2D eigenvalue weighted by Gasteiger charge is -2.25. The minimum atomic E-state index is -3.83. The van der Waals surface area contributed by atoms with E-state index in [0.717, 1.165) is 11.1 Å². The monoisotopic (exact) mass is 380 g/mol. The van der Waals surface area contributed by atoms with E-state index in [-0.39, 0.29) is 30.0 Å². The second-order valence-corrected chi connectivity index (χ2v) is 7.83. The van der Waals surface area contributed by atoms with Crippen molar-refractivity contribution in [3.05, 3.63) is 54.6 Å². The summed E-state index contributed by atoms with van der Waals surface area (Å²) in [5, 5.41) is 0. The molecule has 0 fully saturated rings. The highest BCUT2D eigenvalue weighted by molar-refractivity contribution is 7.86. The Morgan fingerprint density at radius 3 is 2.35 bits per heavy atom. The van der Waals surface area contributed by atoms with Crippen molar-refractivity contribution in [1.82, 2.24) is 0 Å². The molecule has 144 valence electrons. The summed E-state index contributed by atoms with van der Waals surface area (Å²) in [6.45, 7) is 13.3. The number of benzene rings is 1. The van der Waals surface area contributed by atoms with E-state index in [1.165, 1.54) is 12.1 Å². The molecular formula is C20H28O5S. The van der Waals surface area contributed by atoms with Gasteiger partial charge in [0.15, 0.2) is 0 Å². The average Bonchev–Trinajstić information content (AvgIpc) is 2.57. The van der Waals surface area contributed by atoms with Gasteiger partial charge in [-0.2, -0.15) is 8.42 Å². The van der Waals surface area contributed by atoms with Crippen molar-refractivity contribution in [2.24, 2.45) is 11.8 Å². The van der Waals surface area contributed by atoms with Gasteiger partial charge in [0, 0.05) is 0 Å². The third-order valence-electron chi connectivity index (χ3n) is 4.11. The Morgan fingerprint density at radius 2 is 1.85 bits per heavy atom. The zero-order valence-corrected chi connectivity index (χ0v) is 16.6. The number of rotatable bonds is 11. The molecule has 0 N–H and O–H groups in total.